The molecule has 1 amide bonds. The fourth-order valence-corrected chi connectivity index (χ4v) is 5.77. The number of sulfonamides is 1. The monoisotopic (exact) mass is 598 g/mol. The molecule has 12 heteroatoms. The number of fused-ring (bicyclic) bond motifs is 1. The van der Waals surface area contributed by atoms with Gasteiger partial charge in [0.2, 0.25) is 5.91 Å². The summed E-state index contributed by atoms with van der Waals surface area (Å²) in [6.07, 6.45) is 2.31. The molecule has 0 radical (unpaired) electrons. The second kappa shape index (κ2) is 13.4. The van der Waals surface area contributed by atoms with Crippen molar-refractivity contribution in [3.05, 3.63) is 77.9 Å². The van der Waals surface area contributed by atoms with Gasteiger partial charge in [-0.25, -0.2) is 8.42 Å². The van der Waals surface area contributed by atoms with Gasteiger partial charge in [0.25, 0.3) is 10.0 Å². The highest BCUT2D eigenvalue weighted by Crippen LogP contribution is 2.32. The fraction of sp³-hybridized carbons (Fsp3) is 0.241. The minimum absolute atomic E-state index is 0.0474. The largest absolute Gasteiger partial charge is 0.497 e. The Morgan fingerprint density at radius 1 is 0.902 bits per heavy atom. The first-order valence-corrected chi connectivity index (χ1v) is 14.5. The average molecular weight is 599 g/mol. The van der Waals surface area contributed by atoms with Crippen molar-refractivity contribution < 1.29 is 27.4 Å². The van der Waals surface area contributed by atoms with Crippen LogP contribution in [0, 0.1) is 0 Å². The molecule has 0 aliphatic heterocycles. The smallest absolute Gasteiger partial charge is 0.264 e. The van der Waals surface area contributed by atoms with Crippen LogP contribution >= 0.6 is 11.6 Å². The number of halogens is 1. The minimum atomic E-state index is -4.15. The molecule has 3 aromatic carbocycles. The van der Waals surface area contributed by atoms with Crippen molar-refractivity contribution >= 4 is 49.8 Å². The lowest BCUT2D eigenvalue weighted by atomic mass is 10.2. The van der Waals surface area contributed by atoms with Crippen LogP contribution in [0.5, 0.6) is 17.2 Å². The average Bonchev–Trinajstić information content (AvgIpc) is 2.99. The second-order valence-corrected chi connectivity index (χ2v) is 11.2. The van der Waals surface area contributed by atoms with E-state index in [2.05, 4.69) is 15.6 Å². The van der Waals surface area contributed by atoms with Crippen molar-refractivity contribution in [1.82, 2.24) is 10.3 Å². The molecule has 0 aliphatic carbocycles. The van der Waals surface area contributed by atoms with Crippen LogP contribution in [0.3, 0.4) is 0 Å². The summed E-state index contributed by atoms with van der Waals surface area (Å²) in [5.41, 5.74) is 2.00. The highest BCUT2D eigenvalue weighted by molar-refractivity contribution is 7.92. The zero-order chi connectivity index (χ0) is 29.4. The molecule has 216 valence electrons. The van der Waals surface area contributed by atoms with Gasteiger partial charge in [-0.05, 0) is 67.1 Å². The first kappa shape index (κ1) is 29.8. The van der Waals surface area contributed by atoms with Gasteiger partial charge in [-0.3, -0.25) is 14.1 Å². The minimum Gasteiger partial charge on any atom is -0.497 e. The maximum atomic E-state index is 13.7. The fourth-order valence-electron chi connectivity index (χ4n) is 4.17. The van der Waals surface area contributed by atoms with Crippen molar-refractivity contribution in [2.24, 2.45) is 0 Å². The quantitative estimate of drug-likeness (QED) is 0.212. The Bertz CT molecular complexity index is 1620. The zero-order valence-corrected chi connectivity index (χ0v) is 24.5. The van der Waals surface area contributed by atoms with Crippen LogP contribution in [0.25, 0.3) is 10.9 Å². The van der Waals surface area contributed by atoms with E-state index in [4.69, 9.17) is 25.8 Å². The van der Waals surface area contributed by atoms with E-state index < -0.39 is 22.5 Å². The Kier molecular flexibility index (Phi) is 9.74. The van der Waals surface area contributed by atoms with Gasteiger partial charge in [0, 0.05) is 41.4 Å². The van der Waals surface area contributed by atoms with Gasteiger partial charge in [-0.15, -0.1) is 0 Å². The third-order valence-electron chi connectivity index (χ3n) is 6.29. The molecule has 0 unspecified atom stereocenters. The maximum Gasteiger partial charge on any atom is 0.264 e. The number of ether oxygens (including phenoxy) is 3. The van der Waals surface area contributed by atoms with E-state index in [1.54, 1.807) is 36.5 Å². The summed E-state index contributed by atoms with van der Waals surface area (Å²) in [6, 6.07) is 18.1. The lowest BCUT2D eigenvalue weighted by Crippen LogP contribution is -2.41. The van der Waals surface area contributed by atoms with Crippen LogP contribution in [0.2, 0.25) is 5.02 Å². The highest BCUT2D eigenvalue weighted by atomic mass is 35.5. The molecule has 4 aromatic rings. The molecule has 2 N–H and O–H groups in total. The van der Waals surface area contributed by atoms with E-state index in [1.807, 2.05) is 18.2 Å². The number of carbonyl (C=O) groups is 1. The summed E-state index contributed by atoms with van der Waals surface area (Å²) in [5, 5.41) is 7.72. The van der Waals surface area contributed by atoms with Crippen LogP contribution in [0.4, 0.5) is 11.4 Å². The molecular weight excluding hydrogens is 568 g/mol. The molecule has 0 saturated heterocycles. The van der Waals surface area contributed by atoms with Crippen molar-refractivity contribution in [3.63, 3.8) is 0 Å². The molecule has 1 aromatic heterocycles. The lowest BCUT2D eigenvalue weighted by molar-refractivity contribution is -0.119. The van der Waals surface area contributed by atoms with Crippen LogP contribution in [0.1, 0.15) is 6.42 Å². The molecular formula is C29H31ClN4O6S. The van der Waals surface area contributed by atoms with Gasteiger partial charge < -0.3 is 24.8 Å². The van der Waals surface area contributed by atoms with E-state index in [0.717, 1.165) is 20.9 Å². The molecule has 41 heavy (non-hydrogen) atoms. The molecule has 0 atom stereocenters. The third-order valence-corrected chi connectivity index (χ3v) is 8.29. The van der Waals surface area contributed by atoms with Crippen LogP contribution in [-0.4, -0.2) is 60.3 Å². The summed E-state index contributed by atoms with van der Waals surface area (Å²) >= 11 is 6.07. The number of pyridine rings is 1. The molecule has 0 fully saturated rings. The molecule has 0 bridgehead atoms. The number of rotatable bonds is 13. The number of aromatic nitrogens is 1. The number of benzene rings is 3. The number of nitrogens with one attached hydrogen (secondary N) is 2. The second-order valence-electron chi connectivity index (χ2n) is 8.88. The van der Waals surface area contributed by atoms with E-state index in [1.165, 1.54) is 39.5 Å². The van der Waals surface area contributed by atoms with E-state index in [-0.39, 0.29) is 10.6 Å². The number of amides is 1. The Hall–Kier alpha value is -4.22. The SMILES string of the molecule is COc1ccc(N(CC(=O)NCCCNc2ccnc3cc(Cl)ccc23)S(=O)(=O)c2ccc(OC)c(OC)c2)cc1. The van der Waals surface area contributed by atoms with Crippen LogP contribution < -0.4 is 29.1 Å². The predicted octanol–water partition coefficient (Wildman–Crippen LogP) is 4.73. The molecule has 1 heterocycles. The van der Waals surface area contributed by atoms with Gasteiger partial charge in [0.1, 0.15) is 12.3 Å². The number of anilines is 2. The number of carbonyl (C=O) groups excluding carboxylic acids is 1. The molecule has 0 saturated carbocycles. The van der Waals surface area contributed by atoms with Gasteiger partial charge in [0.05, 0.1) is 37.4 Å². The van der Waals surface area contributed by atoms with E-state index in [9.17, 15) is 13.2 Å². The zero-order valence-electron chi connectivity index (χ0n) is 22.9. The maximum absolute atomic E-state index is 13.7. The normalized spacial score (nSPS) is 11.1. The van der Waals surface area contributed by atoms with Gasteiger partial charge in [0.15, 0.2) is 11.5 Å². The molecule has 0 aliphatic rings. The Morgan fingerprint density at radius 2 is 1.66 bits per heavy atom. The number of hydrogen-bond acceptors (Lipinski definition) is 8. The summed E-state index contributed by atoms with van der Waals surface area (Å²) in [4.78, 5) is 17.3. The van der Waals surface area contributed by atoms with Gasteiger partial charge in [-0.1, -0.05) is 11.6 Å². The highest BCUT2D eigenvalue weighted by Gasteiger charge is 2.28. The number of hydrogen-bond donors (Lipinski definition) is 2. The standard InChI is InChI=1S/C29H31ClN4O6S/c1-38-22-8-6-21(7-9-22)34(41(36,37)23-10-12-27(39-2)28(18-23)40-3)19-29(35)33-15-4-14-31-25-13-16-32-26-17-20(30)5-11-24(25)26/h5-13,16-18H,4,14-15,19H2,1-3H3,(H,31,32)(H,33,35). The third kappa shape index (κ3) is 7.11. The lowest BCUT2D eigenvalue weighted by Gasteiger charge is -2.24. The Labute approximate surface area is 244 Å². The first-order chi connectivity index (χ1) is 19.8. The summed E-state index contributed by atoms with van der Waals surface area (Å²) in [7, 11) is 0.247. The van der Waals surface area contributed by atoms with Gasteiger partial charge >= 0.3 is 0 Å². The van der Waals surface area contributed by atoms with Crippen LogP contribution in [0.15, 0.2) is 77.8 Å². The summed E-state index contributed by atoms with van der Waals surface area (Å²) in [6.45, 7) is 0.494. The van der Waals surface area contributed by atoms with Crippen LogP contribution in [-0.2, 0) is 14.8 Å². The summed E-state index contributed by atoms with van der Waals surface area (Å²) < 4.78 is 44.3. The first-order valence-electron chi connectivity index (χ1n) is 12.7. The molecule has 4 rings (SSSR count). The summed E-state index contributed by atoms with van der Waals surface area (Å²) in [5.74, 6) is 0.746. The van der Waals surface area contributed by atoms with Gasteiger partial charge in [-0.2, -0.15) is 0 Å². The molecule has 10 nitrogen and oxygen atoms in total. The Morgan fingerprint density at radius 3 is 2.37 bits per heavy atom. The Balaban J connectivity index is 1.44. The van der Waals surface area contributed by atoms with Crippen molar-refractivity contribution in [3.8, 4) is 17.2 Å². The topological polar surface area (TPSA) is 119 Å². The van der Waals surface area contributed by atoms with Crippen molar-refractivity contribution in [2.45, 2.75) is 11.3 Å². The van der Waals surface area contributed by atoms with Crippen molar-refractivity contribution in [2.75, 3.05) is 50.6 Å². The van der Waals surface area contributed by atoms with Crippen molar-refractivity contribution in [1.29, 1.82) is 0 Å². The van der Waals surface area contributed by atoms with E-state index in [0.29, 0.717) is 41.7 Å². The number of nitrogens with zero attached hydrogens (tertiary/aromatic N) is 2. The predicted molar refractivity (Wildman–Crippen MR) is 160 cm³/mol. The molecule has 0 spiro atoms. The van der Waals surface area contributed by atoms with E-state index >= 15 is 0 Å². The number of methoxy groups -OCH3 is 3.